The monoisotopic (exact) mass is 398 g/mol. The molecule has 0 aliphatic carbocycles. The van der Waals surface area contributed by atoms with Crippen molar-refractivity contribution in [3.63, 3.8) is 0 Å². The number of methoxy groups -OCH3 is 1. The van der Waals surface area contributed by atoms with Gasteiger partial charge in [0.2, 0.25) is 0 Å². The number of amides is 1. The number of carbonyl (C=O) groups is 1. The summed E-state index contributed by atoms with van der Waals surface area (Å²) < 4.78 is 16.8. The molecule has 0 radical (unpaired) electrons. The van der Waals surface area contributed by atoms with Gasteiger partial charge in [-0.1, -0.05) is 53.7 Å². The van der Waals surface area contributed by atoms with Gasteiger partial charge in [-0.15, -0.1) is 0 Å². The number of fused-ring (bicyclic) bond motifs is 3. The molecule has 2 aromatic heterocycles. The van der Waals surface area contributed by atoms with Crippen molar-refractivity contribution in [1.82, 2.24) is 5.16 Å². The van der Waals surface area contributed by atoms with E-state index in [2.05, 4.69) is 10.5 Å². The number of benzene rings is 3. The van der Waals surface area contributed by atoms with Crippen LogP contribution in [0.1, 0.15) is 16.1 Å². The second kappa shape index (κ2) is 7.08. The summed E-state index contributed by atoms with van der Waals surface area (Å²) in [6, 6.07) is 20.9. The summed E-state index contributed by atoms with van der Waals surface area (Å²) in [5.74, 6) is 0.647. The highest BCUT2D eigenvalue weighted by molar-refractivity contribution is 6.12. The van der Waals surface area contributed by atoms with Crippen molar-refractivity contribution in [2.75, 3.05) is 12.4 Å². The number of aromatic nitrogens is 1. The third-order valence-electron chi connectivity index (χ3n) is 5.08. The zero-order valence-electron chi connectivity index (χ0n) is 16.4. The van der Waals surface area contributed by atoms with Crippen molar-refractivity contribution in [2.45, 2.75) is 6.92 Å². The topological polar surface area (TPSA) is 77.5 Å². The first-order valence-electron chi connectivity index (χ1n) is 9.48. The fourth-order valence-corrected chi connectivity index (χ4v) is 3.64. The quantitative estimate of drug-likeness (QED) is 0.413. The van der Waals surface area contributed by atoms with Gasteiger partial charge in [-0.2, -0.15) is 0 Å². The summed E-state index contributed by atoms with van der Waals surface area (Å²) in [6.45, 7) is 1.72. The molecule has 0 saturated carbocycles. The number of aryl methyl sites for hydroxylation is 1. The summed E-state index contributed by atoms with van der Waals surface area (Å²) in [5.41, 5.74) is 3.63. The maximum absolute atomic E-state index is 13.2. The molecule has 5 rings (SSSR count). The van der Waals surface area contributed by atoms with Gasteiger partial charge >= 0.3 is 0 Å². The lowest BCUT2D eigenvalue weighted by atomic mass is 10.1. The van der Waals surface area contributed by atoms with Gasteiger partial charge in [-0.3, -0.25) is 4.79 Å². The van der Waals surface area contributed by atoms with E-state index in [-0.39, 0.29) is 5.91 Å². The zero-order valence-corrected chi connectivity index (χ0v) is 16.4. The van der Waals surface area contributed by atoms with E-state index in [4.69, 9.17) is 13.7 Å². The Kier molecular flexibility index (Phi) is 4.25. The number of rotatable bonds is 4. The number of carbonyl (C=O) groups excluding carboxylic acids is 1. The van der Waals surface area contributed by atoms with Crippen molar-refractivity contribution >= 4 is 33.5 Å². The minimum Gasteiger partial charge on any atom is -0.495 e. The van der Waals surface area contributed by atoms with Crippen LogP contribution in [0.2, 0.25) is 0 Å². The maximum Gasteiger partial charge on any atom is 0.261 e. The van der Waals surface area contributed by atoms with E-state index in [0.717, 1.165) is 21.9 Å². The van der Waals surface area contributed by atoms with Gasteiger partial charge in [0.1, 0.15) is 33.9 Å². The molecular weight excluding hydrogens is 380 g/mol. The maximum atomic E-state index is 13.2. The molecule has 0 fully saturated rings. The van der Waals surface area contributed by atoms with Crippen LogP contribution in [0.3, 0.4) is 0 Å². The lowest BCUT2D eigenvalue weighted by molar-refractivity contribution is 0.102. The number of hydrogen-bond donors (Lipinski definition) is 1. The molecule has 1 amide bonds. The number of nitrogens with zero attached hydrogens (tertiary/aromatic N) is 1. The summed E-state index contributed by atoms with van der Waals surface area (Å²) in [6.07, 6.45) is 0. The van der Waals surface area contributed by atoms with Crippen LogP contribution in [0.15, 0.2) is 75.7 Å². The summed E-state index contributed by atoms with van der Waals surface area (Å²) >= 11 is 0. The third-order valence-corrected chi connectivity index (χ3v) is 5.08. The number of ether oxygens (including phenoxy) is 1. The number of para-hydroxylation sites is 1. The van der Waals surface area contributed by atoms with Crippen LogP contribution >= 0.6 is 0 Å². The van der Waals surface area contributed by atoms with Crippen molar-refractivity contribution in [3.8, 4) is 17.0 Å². The van der Waals surface area contributed by atoms with E-state index in [1.165, 1.54) is 0 Å². The average molecular weight is 398 g/mol. The van der Waals surface area contributed by atoms with Crippen molar-refractivity contribution in [2.24, 2.45) is 0 Å². The number of nitrogens with one attached hydrogen (secondary N) is 1. The first kappa shape index (κ1) is 18.0. The van der Waals surface area contributed by atoms with Crippen LogP contribution in [0.25, 0.3) is 33.2 Å². The molecule has 2 heterocycles. The molecular formula is C24H18N2O4. The Balaban J connectivity index is 1.57. The van der Waals surface area contributed by atoms with Gasteiger partial charge in [-0.25, -0.2) is 0 Å². The molecule has 3 aromatic carbocycles. The number of hydrogen-bond acceptors (Lipinski definition) is 5. The lowest BCUT2D eigenvalue weighted by Gasteiger charge is -2.10. The second-order valence-electron chi connectivity index (χ2n) is 6.93. The molecule has 1 N–H and O–H groups in total. The zero-order chi connectivity index (χ0) is 20.7. The van der Waals surface area contributed by atoms with Crippen molar-refractivity contribution in [1.29, 1.82) is 0 Å². The Bertz CT molecular complexity index is 1380. The molecule has 0 bridgehead atoms. The molecule has 0 aliphatic rings. The van der Waals surface area contributed by atoms with Gasteiger partial charge in [0.25, 0.3) is 5.91 Å². The van der Waals surface area contributed by atoms with E-state index in [0.29, 0.717) is 34.0 Å². The minimum atomic E-state index is -0.332. The molecule has 5 aromatic rings. The molecule has 0 saturated heterocycles. The fourth-order valence-electron chi connectivity index (χ4n) is 3.64. The van der Waals surface area contributed by atoms with E-state index in [1.54, 1.807) is 20.1 Å². The normalized spacial score (nSPS) is 11.1. The molecule has 148 valence electrons. The largest absolute Gasteiger partial charge is 0.495 e. The second-order valence-corrected chi connectivity index (χ2v) is 6.93. The summed E-state index contributed by atoms with van der Waals surface area (Å²) in [5, 5.41) is 8.93. The molecule has 0 aliphatic heterocycles. The van der Waals surface area contributed by atoms with Gasteiger partial charge in [0.05, 0.1) is 12.8 Å². The lowest BCUT2D eigenvalue weighted by Crippen LogP contribution is -2.14. The van der Waals surface area contributed by atoms with E-state index < -0.39 is 0 Å². The van der Waals surface area contributed by atoms with Crippen LogP contribution in [0.5, 0.6) is 5.75 Å². The average Bonchev–Trinajstić information content (AvgIpc) is 3.33. The summed E-state index contributed by atoms with van der Waals surface area (Å²) in [7, 11) is 1.57. The Labute approximate surface area is 172 Å². The fraction of sp³-hybridized carbons (Fsp3) is 0.0833. The number of anilines is 1. The van der Waals surface area contributed by atoms with Crippen LogP contribution in [0.4, 0.5) is 5.69 Å². The molecule has 6 nitrogen and oxygen atoms in total. The SMILES string of the molecule is COc1cc2c(cc1NC(=O)c1c(-c3ccccc3)noc1C)oc1ccccc12. The first-order valence-corrected chi connectivity index (χ1v) is 9.48. The smallest absolute Gasteiger partial charge is 0.261 e. The van der Waals surface area contributed by atoms with Crippen LogP contribution < -0.4 is 10.1 Å². The molecule has 6 heteroatoms. The van der Waals surface area contributed by atoms with Crippen LogP contribution in [-0.2, 0) is 0 Å². The molecule has 0 spiro atoms. The first-order chi connectivity index (χ1) is 14.7. The van der Waals surface area contributed by atoms with Gasteiger partial charge < -0.3 is 19.0 Å². The molecule has 0 atom stereocenters. The molecule has 30 heavy (non-hydrogen) atoms. The predicted molar refractivity (Wildman–Crippen MR) is 115 cm³/mol. The van der Waals surface area contributed by atoms with Gasteiger partial charge in [0, 0.05) is 22.4 Å². The third kappa shape index (κ3) is 2.90. The molecule has 0 unspecified atom stereocenters. The van der Waals surface area contributed by atoms with Gasteiger partial charge in [0.15, 0.2) is 0 Å². The highest BCUT2D eigenvalue weighted by Crippen LogP contribution is 2.37. The Hall–Kier alpha value is -4.06. The van der Waals surface area contributed by atoms with Gasteiger partial charge in [-0.05, 0) is 19.1 Å². The van der Waals surface area contributed by atoms with Crippen LogP contribution in [0, 0.1) is 6.92 Å². The highest BCUT2D eigenvalue weighted by Gasteiger charge is 2.23. The highest BCUT2D eigenvalue weighted by atomic mass is 16.5. The Morgan fingerprint density at radius 3 is 2.53 bits per heavy atom. The van der Waals surface area contributed by atoms with Crippen molar-refractivity contribution in [3.05, 3.63) is 78.1 Å². The Morgan fingerprint density at radius 1 is 0.967 bits per heavy atom. The standard InChI is InChI=1S/C24H18N2O4/c1-14-22(23(26-30-14)15-8-4-3-5-9-15)24(27)25-18-13-20-17(12-21(18)28-2)16-10-6-7-11-19(16)29-20/h3-13H,1-2H3,(H,25,27). The Morgan fingerprint density at radius 2 is 1.73 bits per heavy atom. The summed E-state index contributed by atoms with van der Waals surface area (Å²) in [4.78, 5) is 13.2. The number of furan rings is 1. The van der Waals surface area contributed by atoms with Crippen LogP contribution in [-0.4, -0.2) is 18.2 Å². The minimum absolute atomic E-state index is 0.332. The van der Waals surface area contributed by atoms with E-state index in [9.17, 15) is 4.79 Å². The van der Waals surface area contributed by atoms with Crippen molar-refractivity contribution < 1.29 is 18.5 Å². The van der Waals surface area contributed by atoms with E-state index >= 15 is 0 Å². The van der Waals surface area contributed by atoms with E-state index in [1.807, 2.05) is 60.7 Å². The predicted octanol–water partition coefficient (Wildman–Crippen LogP) is 5.81.